The lowest BCUT2D eigenvalue weighted by Gasteiger charge is -2.28. The molecule has 140 valence electrons. The first-order valence-corrected chi connectivity index (χ1v) is 11.9. The zero-order chi connectivity index (χ0) is 18.9. The maximum absolute atomic E-state index is 13.3. The molecule has 1 aliphatic carbocycles. The molecule has 1 atom stereocenters. The quantitative estimate of drug-likeness (QED) is 0.725. The van der Waals surface area contributed by atoms with Gasteiger partial charge in [-0.05, 0) is 49.4 Å². The van der Waals surface area contributed by atoms with Gasteiger partial charge >= 0.3 is 0 Å². The first-order chi connectivity index (χ1) is 12.2. The molecule has 1 aliphatic rings. The van der Waals surface area contributed by atoms with Crippen LogP contribution in [-0.4, -0.2) is 33.4 Å². The van der Waals surface area contributed by atoms with Crippen molar-refractivity contribution in [3.8, 4) is 0 Å². The van der Waals surface area contributed by atoms with Crippen LogP contribution in [0.2, 0.25) is 0 Å². The molecular weight excluding hydrogens is 370 g/mol. The number of nitrogens with zero attached hydrogens (tertiary/aromatic N) is 1. The fraction of sp³-hybridized carbons (Fsp3) is 0.368. The van der Waals surface area contributed by atoms with Crippen LogP contribution in [0.15, 0.2) is 64.4 Å². The summed E-state index contributed by atoms with van der Waals surface area (Å²) in [5.41, 5.74) is 0.905. The molecule has 0 N–H and O–H groups in total. The summed E-state index contributed by atoms with van der Waals surface area (Å²) in [6.07, 6.45) is 3.12. The van der Waals surface area contributed by atoms with Gasteiger partial charge in [0.1, 0.15) is 0 Å². The largest absolute Gasteiger partial charge is 0.243 e. The van der Waals surface area contributed by atoms with Crippen molar-refractivity contribution in [2.45, 2.75) is 42.1 Å². The molecule has 0 aromatic heterocycles. The van der Waals surface area contributed by atoms with Gasteiger partial charge in [-0.25, -0.2) is 16.8 Å². The molecule has 1 fully saturated rings. The van der Waals surface area contributed by atoms with Crippen LogP contribution in [-0.2, 0) is 26.4 Å². The van der Waals surface area contributed by atoms with Crippen molar-refractivity contribution >= 4 is 19.9 Å². The summed E-state index contributed by atoms with van der Waals surface area (Å²) in [6.45, 7) is 2.20. The lowest BCUT2D eigenvalue weighted by Crippen LogP contribution is -2.39. The molecule has 0 radical (unpaired) electrons. The number of hydrogen-bond acceptors (Lipinski definition) is 4. The van der Waals surface area contributed by atoms with Crippen LogP contribution in [0.1, 0.15) is 25.3 Å². The Hall–Kier alpha value is -1.70. The van der Waals surface area contributed by atoms with Crippen molar-refractivity contribution < 1.29 is 16.8 Å². The molecule has 2 aromatic rings. The van der Waals surface area contributed by atoms with E-state index in [9.17, 15) is 16.8 Å². The van der Waals surface area contributed by atoms with Gasteiger partial charge in [0.25, 0.3) is 0 Å². The Morgan fingerprint density at radius 1 is 0.962 bits per heavy atom. The summed E-state index contributed by atoms with van der Waals surface area (Å²) >= 11 is 0. The standard InChI is InChI=1S/C19H23NO4S2/c1-15(17-11-12-17)20(14-16-7-4-3-5-8-16)26(23,24)19-10-6-9-18(13-19)25(2,21)22/h3-10,13,15,17H,11-12,14H2,1-2H3. The zero-order valence-electron chi connectivity index (χ0n) is 14.9. The Labute approximate surface area is 155 Å². The maximum Gasteiger partial charge on any atom is 0.243 e. The number of sulfone groups is 1. The minimum atomic E-state index is -3.82. The maximum atomic E-state index is 13.3. The number of hydrogen-bond donors (Lipinski definition) is 0. The highest BCUT2D eigenvalue weighted by Gasteiger charge is 2.38. The first kappa shape index (κ1) is 19.1. The van der Waals surface area contributed by atoms with Crippen LogP contribution in [0.5, 0.6) is 0 Å². The van der Waals surface area contributed by atoms with Crippen molar-refractivity contribution in [3.63, 3.8) is 0 Å². The SMILES string of the molecule is CC(C1CC1)N(Cc1ccccc1)S(=O)(=O)c1cccc(S(C)(=O)=O)c1. The van der Waals surface area contributed by atoms with E-state index < -0.39 is 19.9 Å². The Morgan fingerprint density at radius 2 is 1.58 bits per heavy atom. The Morgan fingerprint density at radius 3 is 2.15 bits per heavy atom. The highest BCUT2D eigenvalue weighted by atomic mass is 32.2. The van der Waals surface area contributed by atoms with Crippen molar-refractivity contribution in [2.75, 3.05) is 6.26 Å². The smallest absolute Gasteiger partial charge is 0.224 e. The minimum Gasteiger partial charge on any atom is -0.224 e. The fourth-order valence-corrected chi connectivity index (χ4v) is 5.49. The summed E-state index contributed by atoms with van der Waals surface area (Å²) in [7, 11) is -7.29. The van der Waals surface area contributed by atoms with Gasteiger partial charge in [0, 0.05) is 18.8 Å². The Kier molecular flexibility index (Phi) is 5.23. The van der Waals surface area contributed by atoms with E-state index in [-0.39, 0.29) is 22.4 Å². The first-order valence-electron chi connectivity index (χ1n) is 8.55. The van der Waals surface area contributed by atoms with Crippen LogP contribution in [0.25, 0.3) is 0 Å². The summed E-state index contributed by atoms with van der Waals surface area (Å²) in [5.74, 6) is 0.353. The van der Waals surface area contributed by atoms with E-state index in [2.05, 4.69) is 0 Å². The van der Waals surface area contributed by atoms with Crippen molar-refractivity contribution in [2.24, 2.45) is 5.92 Å². The second-order valence-corrected chi connectivity index (χ2v) is 10.8. The van der Waals surface area contributed by atoms with E-state index in [1.165, 1.54) is 28.6 Å². The predicted molar refractivity (Wildman–Crippen MR) is 101 cm³/mol. The van der Waals surface area contributed by atoms with Crippen LogP contribution in [0, 0.1) is 5.92 Å². The van der Waals surface area contributed by atoms with Gasteiger partial charge in [-0.2, -0.15) is 4.31 Å². The molecule has 0 saturated heterocycles. The monoisotopic (exact) mass is 393 g/mol. The molecule has 3 rings (SSSR count). The van der Waals surface area contributed by atoms with Crippen LogP contribution < -0.4 is 0 Å². The number of benzene rings is 2. The second kappa shape index (κ2) is 7.13. The van der Waals surface area contributed by atoms with Crippen LogP contribution in [0.3, 0.4) is 0 Å². The highest BCUT2D eigenvalue weighted by Crippen LogP contribution is 2.38. The average Bonchev–Trinajstić information content (AvgIpc) is 3.44. The number of sulfonamides is 1. The van der Waals surface area contributed by atoms with E-state index in [1.54, 1.807) is 0 Å². The minimum absolute atomic E-state index is 0.0114. The van der Waals surface area contributed by atoms with E-state index in [1.807, 2.05) is 37.3 Å². The zero-order valence-corrected chi connectivity index (χ0v) is 16.5. The molecule has 0 heterocycles. The van der Waals surface area contributed by atoms with Gasteiger partial charge in [0.05, 0.1) is 9.79 Å². The fourth-order valence-electron chi connectivity index (χ4n) is 3.03. The van der Waals surface area contributed by atoms with Crippen LogP contribution >= 0.6 is 0 Å². The summed E-state index contributed by atoms with van der Waals surface area (Å²) < 4.78 is 51.8. The third kappa shape index (κ3) is 4.16. The predicted octanol–water partition coefficient (Wildman–Crippen LogP) is 3.08. The molecular formula is C19H23NO4S2. The third-order valence-corrected chi connectivity index (χ3v) is 7.82. The molecule has 0 amide bonds. The molecule has 0 bridgehead atoms. The lowest BCUT2D eigenvalue weighted by molar-refractivity contribution is 0.303. The van der Waals surface area contributed by atoms with Gasteiger partial charge < -0.3 is 0 Å². The third-order valence-electron chi connectivity index (χ3n) is 4.78. The highest BCUT2D eigenvalue weighted by molar-refractivity contribution is 7.91. The summed E-state index contributed by atoms with van der Waals surface area (Å²) in [4.78, 5) is 0.0289. The summed E-state index contributed by atoms with van der Waals surface area (Å²) in [5, 5.41) is 0. The average molecular weight is 394 g/mol. The molecule has 1 unspecified atom stereocenters. The van der Waals surface area contributed by atoms with Gasteiger partial charge in [-0.1, -0.05) is 36.4 Å². The normalized spacial score (nSPS) is 16.6. The van der Waals surface area contributed by atoms with E-state index in [0.29, 0.717) is 5.92 Å². The Balaban J connectivity index is 2.01. The lowest BCUT2D eigenvalue weighted by atomic mass is 10.2. The molecule has 2 aromatic carbocycles. The van der Waals surface area contributed by atoms with E-state index in [0.717, 1.165) is 24.7 Å². The molecule has 5 nitrogen and oxygen atoms in total. The number of rotatable bonds is 7. The molecule has 0 aliphatic heterocycles. The Bertz CT molecular complexity index is 981. The molecule has 1 saturated carbocycles. The summed E-state index contributed by atoms with van der Waals surface area (Å²) in [6, 6.07) is 14.9. The molecule has 7 heteroatoms. The molecule has 0 spiro atoms. The van der Waals surface area contributed by atoms with Gasteiger partial charge in [-0.15, -0.1) is 0 Å². The van der Waals surface area contributed by atoms with Gasteiger partial charge in [0.2, 0.25) is 10.0 Å². The van der Waals surface area contributed by atoms with E-state index in [4.69, 9.17) is 0 Å². The molecule has 26 heavy (non-hydrogen) atoms. The van der Waals surface area contributed by atoms with Gasteiger partial charge in [0.15, 0.2) is 9.84 Å². The van der Waals surface area contributed by atoms with Gasteiger partial charge in [-0.3, -0.25) is 0 Å². The van der Waals surface area contributed by atoms with Crippen molar-refractivity contribution in [3.05, 3.63) is 60.2 Å². The van der Waals surface area contributed by atoms with Crippen molar-refractivity contribution in [1.29, 1.82) is 0 Å². The second-order valence-electron chi connectivity index (χ2n) is 6.86. The van der Waals surface area contributed by atoms with Crippen molar-refractivity contribution in [1.82, 2.24) is 4.31 Å². The topological polar surface area (TPSA) is 71.5 Å². The van der Waals surface area contributed by atoms with E-state index >= 15 is 0 Å². The van der Waals surface area contributed by atoms with Crippen LogP contribution in [0.4, 0.5) is 0 Å².